The molecule has 0 saturated heterocycles. The molecule has 2 rings (SSSR count). The lowest BCUT2D eigenvalue weighted by atomic mass is 10.1. The van der Waals surface area contributed by atoms with Crippen LogP contribution in [0.2, 0.25) is 0 Å². The third kappa shape index (κ3) is 4.08. The summed E-state index contributed by atoms with van der Waals surface area (Å²) in [5, 5.41) is 0.545. The second-order valence-electron chi connectivity index (χ2n) is 5.46. The molecule has 1 aromatic heterocycles. The number of amides is 1. The molecule has 0 aliphatic rings. The van der Waals surface area contributed by atoms with Gasteiger partial charge >= 0.3 is 0 Å². The SMILES string of the molecule is CC(C)CCOCC(=O)NS(=O)(=O)c1cccc2[nH]ccc12. The minimum Gasteiger partial charge on any atom is -0.372 e. The van der Waals surface area contributed by atoms with E-state index in [1.807, 2.05) is 18.6 Å². The van der Waals surface area contributed by atoms with Gasteiger partial charge in [-0.3, -0.25) is 4.79 Å². The summed E-state index contributed by atoms with van der Waals surface area (Å²) in [5.74, 6) is -0.200. The lowest BCUT2D eigenvalue weighted by molar-refractivity contribution is -0.124. The fourth-order valence-electron chi connectivity index (χ4n) is 2.01. The van der Waals surface area contributed by atoms with Gasteiger partial charge in [-0.25, -0.2) is 13.1 Å². The Bertz CT molecular complexity index is 750. The first kappa shape index (κ1) is 16.5. The van der Waals surface area contributed by atoms with Crippen LogP contribution in [0.5, 0.6) is 0 Å². The number of fused-ring (bicyclic) bond motifs is 1. The van der Waals surface area contributed by atoms with Crippen LogP contribution in [0.4, 0.5) is 0 Å². The molecule has 6 nitrogen and oxygen atoms in total. The van der Waals surface area contributed by atoms with Crippen molar-refractivity contribution in [1.82, 2.24) is 9.71 Å². The molecule has 0 unspecified atom stereocenters. The Morgan fingerprint density at radius 2 is 2.09 bits per heavy atom. The van der Waals surface area contributed by atoms with Gasteiger partial charge in [0.15, 0.2) is 0 Å². The molecule has 2 aromatic rings. The van der Waals surface area contributed by atoms with Crippen LogP contribution in [0.15, 0.2) is 35.4 Å². The van der Waals surface area contributed by atoms with Gasteiger partial charge in [0.05, 0.1) is 4.90 Å². The molecule has 7 heteroatoms. The van der Waals surface area contributed by atoms with Gasteiger partial charge in [0, 0.05) is 23.7 Å². The van der Waals surface area contributed by atoms with Crippen molar-refractivity contribution >= 4 is 26.8 Å². The van der Waals surface area contributed by atoms with Crippen molar-refractivity contribution in [1.29, 1.82) is 0 Å². The standard InChI is InChI=1S/C15H20N2O4S/c1-11(2)7-9-21-10-15(18)17-22(19,20)14-5-3-4-13-12(14)6-8-16-13/h3-6,8,11,16H,7,9-10H2,1-2H3,(H,17,18). The summed E-state index contributed by atoms with van der Waals surface area (Å²) in [5.41, 5.74) is 0.698. The number of hydrogen-bond donors (Lipinski definition) is 2. The van der Waals surface area contributed by atoms with Crippen molar-refractivity contribution in [2.24, 2.45) is 5.92 Å². The molecule has 120 valence electrons. The van der Waals surface area contributed by atoms with Crippen molar-refractivity contribution in [3.8, 4) is 0 Å². The minimum absolute atomic E-state index is 0.0711. The van der Waals surface area contributed by atoms with E-state index in [1.54, 1.807) is 24.4 Å². The van der Waals surface area contributed by atoms with Gasteiger partial charge in [0.1, 0.15) is 6.61 Å². The number of carbonyl (C=O) groups excluding carboxylic acids is 1. The zero-order chi connectivity index (χ0) is 16.2. The summed E-state index contributed by atoms with van der Waals surface area (Å²) < 4.78 is 31.8. The fourth-order valence-corrected chi connectivity index (χ4v) is 3.20. The average Bonchev–Trinajstić information content (AvgIpc) is 2.90. The van der Waals surface area contributed by atoms with E-state index < -0.39 is 15.9 Å². The summed E-state index contributed by atoms with van der Waals surface area (Å²) in [4.78, 5) is 14.7. The number of ether oxygens (including phenoxy) is 1. The first-order chi connectivity index (χ1) is 10.4. The van der Waals surface area contributed by atoms with Gasteiger partial charge in [-0.2, -0.15) is 0 Å². The van der Waals surface area contributed by atoms with Crippen molar-refractivity contribution in [2.75, 3.05) is 13.2 Å². The van der Waals surface area contributed by atoms with Gasteiger partial charge in [-0.15, -0.1) is 0 Å². The first-order valence-electron chi connectivity index (χ1n) is 7.09. The molecule has 1 aromatic carbocycles. The molecule has 0 fully saturated rings. The topological polar surface area (TPSA) is 88.3 Å². The van der Waals surface area contributed by atoms with Gasteiger partial charge in [0.2, 0.25) is 0 Å². The molecule has 22 heavy (non-hydrogen) atoms. The smallest absolute Gasteiger partial charge is 0.264 e. The Balaban J connectivity index is 2.02. The van der Waals surface area contributed by atoms with Gasteiger partial charge in [0.25, 0.3) is 15.9 Å². The maximum atomic E-state index is 12.3. The molecule has 2 N–H and O–H groups in total. The van der Waals surface area contributed by atoms with Crippen LogP contribution < -0.4 is 4.72 Å². The largest absolute Gasteiger partial charge is 0.372 e. The number of rotatable bonds is 7. The molecule has 0 spiro atoms. The number of benzene rings is 1. The Morgan fingerprint density at radius 3 is 2.82 bits per heavy atom. The van der Waals surface area contributed by atoms with Crippen LogP contribution in [0.25, 0.3) is 10.9 Å². The zero-order valence-electron chi connectivity index (χ0n) is 12.6. The van der Waals surface area contributed by atoms with Gasteiger partial charge < -0.3 is 9.72 Å². The highest BCUT2D eigenvalue weighted by Gasteiger charge is 2.20. The molecule has 0 aliphatic carbocycles. The van der Waals surface area contributed by atoms with E-state index in [2.05, 4.69) is 4.98 Å². The van der Waals surface area contributed by atoms with E-state index in [-0.39, 0.29) is 11.5 Å². The van der Waals surface area contributed by atoms with E-state index in [1.165, 1.54) is 6.07 Å². The van der Waals surface area contributed by atoms with Crippen molar-refractivity contribution in [3.05, 3.63) is 30.5 Å². The maximum absolute atomic E-state index is 12.3. The number of aromatic amines is 1. The molecule has 0 radical (unpaired) electrons. The minimum atomic E-state index is -3.91. The molecule has 0 bridgehead atoms. The number of hydrogen-bond acceptors (Lipinski definition) is 4. The highest BCUT2D eigenvalue weighted by atomic mass is 32.2. The highest BCUT2D eigenvalue weighted by Crippen LogP contribution is 2.21. The third-order valence-electron chi connectivity index (χ3n) is 3.17. The van der Waals surface area contributed by atoms with E-state index in [4.69, 9.17) is 4.74 Å². The third-order valence-corrected chi connectivity index (χ3v) is 4.60. The number of nitrogens with one attached hydrogen (secondary N) is 2. The second kappa shape index (κ2) is 6.93. The van der Waals surface area contributed by atoms with Crippen LogP contribution in [0.1, 0.15) is 20.3 Å². The normalized spacial score (nSPS) is 12.0. The number of carbonyl (C=O) groups is 1. The predicted octanol–water partition coefficient (Wildman–Crippen LogP) is 2.04. The highest BCUT2D eigenvalue weighted by molar-refractivity contribution is 7.90. The Morgan fingerprint density at radius 1 is 1.32 bits per heavy atom. The second-order valence-corrected chi connectivity index (χ2v) is 7.11. The summed E-state index contributed by atoms with van der Waals surface area (Å²) >= 11 is 0. The number of aromatic nitrogens is 1. The molecule has 0 saturated carbocycles. The Hall–Kier alpha value is -1.86. The van der Waals surface area contributed by atoms with Crippen LogP contribution in [-0.2, 0) is 19.6 Å². The average molecular weight is 324 g/mol. The number of sulfonamides is 1. The maximum Gasteiger partial charge on any atom is 0.264 e. The van der Waals surface area contributed by atoms with Crippen molar-refractivity contribution in [2.45, 2.75) is 25.2 Å². The van der Waals surface area contributed by atoms with E-state index >= 15 is 0 Å². The Labute approximate surface area is 129 Å². The zero-order valence-corrected chi connectivity index (χ0v) is 13.4. The summed E-state index contributed by atoms with van der Waals surface area (Å²) in [7, 11) is -3.91. The predicted molar refractivity (Wildman–Crippen MR) is 83.9 cm³/mol. The van der Waals surface area contributed by atoms with E-state index in [0.29, 0.717) is 23.4 Å². The molecule has 1 heterocycles. The summed E-state index contributed by atoms with van der Waals surface area (Å²) in [6.45, 7) is 4.25. The van der Waals surface area contributed by atoms with Gasteiger partial charge in [-0.05, 0) is 30.5 Å². The van der Waals surface area contributed by atoms with E-state index in [9.17, 15) is 13.2 Å². The van der Waals surface area contributed by atoms with Crippen LogP contribution in [-0.4, -0.2) is 32.5 Å². The lowest BCUT2D eigenvalue weighted by Crippen LogP contribution is -2.33. The Kier molecular flexibility index (Phi) is 5.20. The quantitative estimate of drug-likeness (QED) is 0.763. The van der Waals surface area contributed by atoms with Gasteiger partial charge in [-0.1, -0.05) is 19.9 Å². The molecule has 0 aliphatic heterocycles. The summed E-state index contributed by atoms with van der Waals surface area (Å²) in [6.07, 6.45) is 2.48. The molecular formula is C15H20N2O4S. The first-order valence-corrected chi connectivity index (χ1v) is 8.58. The van der Waals surface area contributed by atoms with Crippen molar-refractivity contribution in [3.63, 3.8) is 0 Å². The molecular weight excluding hydrogens is 304 g/mol. The molecule has 0 atom stereocenters. The van der Waals surface area contributed by atoms with Crippen LogP contribution >= 0.6 is 0 Å². The summed E-state index contributed by atoms with van der Waals surface area (Å²) in [6, 6.07) is 6.52. The van der Waals surface area contributed by atoms with Crippen molar-refractivity contribution < 1.29 is 17.9 Å². The van der Waals surface area contributed by atoms with Crippen LogP contribution in [0, 0.1) is 5.92 Å². The number of H-pyrrole nitrogens is 1. The van der Waals surface area contributed by atoms with E-state index in [0.717, 1.165) is 6.42 Å². The van der Waals surface area contributed by atoms with Crippen LogP contribution in [0.3, 0.4) is 0 Å². The molecule has 1 amide bonds. The lowest BCUT2D eigenvalue weighted by Gasteiger charge is -2.09. The fraction of sp³-hybridized carbons (Fsp3) is 0.400. The monoisotopic (exact) mass is 324 g/mol.